The van der Waals surface area contributed by atoms with Gasteiger partial charge in [0, 0.05) is 5.69 Å². The Kier molecular flexibility index (Phi) is 4.57. The lowest BCUT2D eigenvalue weighted by Gasteiger charge is -2.10. The largest absolute Gasteiger partial charge is 0.416 e. The van der Waals surface area contributed by atoms with Gasteiger partial charge >= 0.3 is 6.18 Å². The average molecular weight is 381 g/mol. The third-order valence-corrected chi connectivity index (χ3v) is 3.71. The van der Waals surface area contributed by atoms with Crippen molar-refractivity contribution in [2.24, 2.45) is 0 Å². The molecule has 0 atom stereocenters. The molecular formula is C11H8BrF3N4OS. The highest BCUT2D eigenvalue weighted by atomic mass is 79.9. The van der Waals surface area contributed by atoms with Gasteiger partial charge in [-0.15, -0.1) is 10.2 Å². The summed E-state index contributed by atoms with van der Waals surface area (Å²) in [6.45, 7) is 1.34. The van der Waals surface area contributed by atoms with Crippen LogP contribution in [0.15, 0.2) is 16.0 Å². The number of nitrogens with zero attached hydrogens (tertiary/aromatic N) is 3. The van der Waals surface area contributed by atoms with Gasteiger partial charge in [-0.1, -0.05) is 11.3 Å². The first-order valence-corrected chi connectivity index (χ1v) is 7.18. The van der Waals surface area contributed by atoms with E-state index in [-0.39, 0.29) is 22.9 Å². The highest BCUT2D eigenvalue weighted by molar-refractivity contribution is 9.11. The zero-order valence-electron chi connectivity index (χ0n) is 10.5. The van der Waals surface area contributed by atoms with Crippen LogP contribution in [0.25, 0.3) is 0 Å². The lowest BCUT2D eigenvalue weighted by atomic mass is 10.2. The minimum atomic E-state index is -4.45. The van der Waals surface area contributed by atoms with E-state index in [1.165, 1.54) is 6.92 Å². The lowest BCUT2D eigenvalue weighted by Crippen LogP contribution is -2.23. The van der Waals surface area contributed by atoms with Crippen molar-refractivity contribution in [1.82, 2.24) is 20.5 Å². The van der Waals surface area contributed by atoms with E-state index in [1.54, 1.807) is 0 Å². The Bertz CT molecular complexity index is 674. The third-order valence-electron chi connectivity index (χ3n) is 2.36. The van der Waals surface area contributed by atoms with Crippen LogP contribution >= 0.6 is 27.3 Å². The van der Waals surface area contributed by atoms with Crippen molar-refractivity contribution in [3.63, 3.8) is 0 Å². The summed E-state index contributed by atoms with van der Waals surface area (Å²) in [5.74, 6) is -0.518. The van der Waals surface area contributed by atoms with Crippen molar-refractivity contribution in [2.45, 2.75) is 19.6 Å². The molecule has 0 unspecified atom stereocenters. The van der Waals surface area contributed by atoms with Crippen LogP contribution in [0, 0.1) is 6.92 Å². The molecule has 2 heterocycles. The standard InChI is InChI=1S/C11H8BrF3N4OS/c1-5-2-6(11(13,14)15)3-7(17-5)4-16-8(20)9-18-19-10(12)21-9/h2-3H,4H2,1H3,(H,16,20). The molecule has 0 bridgehead atoms. The van der Waals surface area contributed by atoms with Gasteiger partial charge in [0.1, 0.15) is 0 Å². The minimum absolute atomic E-state index is 0.116. The van der Waals surface area contributed by atoms with E-state index in [9.17, 15) is 18.0 Å². The van der Waals surface area contributed by atoms with Crippen LogP contribution in [0.4, 0.5) is 13.2 Å². The number of amides is 1. The number of aryl methyl sites for hydroxylation is 1. The Labute approximate surface area is 129 Å². The fourth-order valence-electron chi connectivity index (χ4n) is 1.54. The third kappa shape index (κ3) is 4.21. The molecule has 2 rings (SSSR count). The summed E-state index contributed by atoms with van der Waals surface area (Å²) in [7, 11) is 0. The molecule has 0 aromatic carbocycles. The molecule has 0 fully saturated rings. The van der Waals surface area contributed by atoms with Crippen LogP contribution < -0.4 is 5.32 Å². The first kappa shape index (κ1) is 15.8. The fraction of sp³-hybridized carbons (Fsp3) is 0.273. The van der Waals surface area contributed by atoms with Crippen molar-refractivity contribution >= 4 is 33.2 Å². The Morgan fingerprint density at radius 3 is 2.67 bits per heavy atom. The molecule has 0 aliphatic rings. The average Bonchev–Trinajstić information content (AvgIpc) is 2.81. The molecule has 1 amide bonds. The van der Waals surface area contributed by atoms with Gasteiger partial charge in [-0.25, -0.2) is 0 Å². The SMILES string of the molecule is Cc1cc(C(F)(F)F)cc(CNC(=O)c2nnc(Br)s2)n1. The summed E-state index contributed by atoms with van der Waals surface area (Å²) in [4.78, 5) is 15.7. The zero-order valence-corrected chi connectivity index (χ0v) is 12.9. The van der Waals surface area contributed by atoms with Gasteiger partial charge in [0.2, 0.25) is 5.01 Å². The van der Waals surface area contributed by atoms with Gasteiger partial charge < -0.3 is 5.32 Å². The number of carbonyl (C=O) groups is 1. The quantitative estimate of drug-likeness (QED) is 0.888. The van der Waals surface area contributed by atoms with Crippen LogP contribution in [-0.4, -0.2) is 21.1 Å². The minimum Gasteiger partial charge on any atom is -0.344 e. The molecule has 0 spiro atoms. The molecule has 2 aromatic rings. The van der Waals surface area contributed by atoms with Gasteiger partial charge in [0.15, 0.2) is 3.92 Å². The second-order valence-corrected chi connectivity index (χ2v) is 6.28. The Morgan fingerprint density at radius 1 is 1.38 bits per heavy atom. The van der Waals surface area contributed by atoms with Crippen LogP contribution in [0.2, 0.25) is 0 Å². The van der Waals surface area contributed by atoms with Crippen LogP contribution in [-0.2, 0) is 12.7 Å². The molecule has 0 saturated carbocycles. The van der Waals surface area contributed by atoms with Crippen molar-refractivity contribution in [1.29, 1.82) is 0 Å². The Balaban J connectivity index is 2.10. The predicted octanol–water partition coefficient (Wildman–Crippen LogP) is 2.95. The summed E-state index contributed by atoms with van der Waals surface area (Å²) < 4.78 is 38.5. The maximum absolute atomic E-state index is 12.7. The molecule has 0 saturated heterocycles. The lowest BCUT2D eigenvalue weighted by molar-refractivity contribution is -0.137. The number of rotatable bonds is 3. The van der Waals surface area contributed by atoms with E-state index in [1.807, 2.05) is 0 Å². The number of halogens is 4. The molecule has 0 aliphatic carbocycles. The number of hydrogen-bond donors (Lipinski definition) is 1. The van der Waals surface area contributed by atoms with E-state index in [2.05, 4.69) is 36.4 Å². The summed E-state index contributed by atoms with van der Waals surface area (Å²) in [5.41, 5.74) is -0.440. The predicted molar refractivity (Wildman–Crippen MR) is 72.8 cm³/mol. The number of nitrogens with one attached hydrogen (secondary N) is 1. The number of alkyl halides is 3. The summed E-state index contributed by atoms with van der Waals surface area (Å²) in [6.07, 6.45) is -4.45. The topological polar surface area (TPSA) is 67.8 Å². The van der Waals surface area contributed by atoms with Gasteiger partial charge in [-0.3, -0.25) is 9.78 Å². The van der Waals surface area contributed by atoms with Gasteiger partial charge in [0.25, 0.3) is 5.91 Å². The maximum Gasteiger partial charge on any atom is 0.416 e. The normalized spacial score (nSPS) is 11.5. The molecule has 1 N–H and O–H groups in total. The number of pyridine rings is 1. The molecule has 0 aliphatic heterocycles. The highest BCUT2D eigenvalue weighted by Crippen LogP contribution is 2.29. The number of aromatic nitrogens is 3. The van der Waals surface area contributed by atoms with Crippen LogP contribution in [0.3, 0.4) is 0 Å². The first-order chi connectivity index (χ1) is 9.75. The molecule has 2 aromatic heterocycles. The van der Waals surface area contributed by atoms with E-state index in [0.717, 1.165) is 23.5 Å². The molecule has 0 radical (unpaired) electrons. The molecular weight excluding hydrogens is 373 g/mol. The van der Waals surface area contributed by atoms with Crippen LogP contribution in [0.5, 0.6) is 0 Å². The second kappa shape index (κ2) is 6.06. The van der Waals surface area contributed by atoms with E-state index in [0.29, 0.717) is 3.92 Å². The summed E-state index contributed by atoms with van der Waals surface area (Å²) >= 11 is 4.09. The molecule has 5 nitrogen and oxygen atoms in total. The zero-order chi connectivity index (χ0) is 15.6. The van der Waals surface area contributed by atoms with Crippen LogP contribution in [0.1, 0.15) is 26.8 Å². The van der Waals surface area contributed by atoms with Crippen molar-refractivity contribution in [2.75, 3.05) is 0 Å². The highest BCUT2D eigenvalue weighted by Gasteiger charge is 2.31. The van der Waals surface area contributed by atoms with Gasteiger partial charge in [-0.2, -0.15) is 13.2 Å². The van der Waals surface area contributed by atoms with E-state index < -0.39 is 17.6 Å². The van der Waals surface area contributed by atoms with Crippen molar-refractivity contribution < 1.29 is 18.0 Å². The molecule has 112 valence electrons. The maximum atomic E-state index is 12.7. The van der Waals surface area contributed by atoms with Gasteiger partial charge in [-0.05, 0) is 35.0 Å². The smallest absolute Gasteiger partial charge is 0.344 e. The summed E-state index contributed by atoms with van der Waals surface area (Å²) in [6, 6.07) is 1.86. The number of hydrogen-bond acceptors (Lipinski definition) is 5. The molecule has 10 heteroatoms. The fourth-order valence-corrected chi connectivity index (χ4v) is 2.56. The number of carbonyl (C=O) groups excluding carboxylic acids is 1. The Hall–Kier alpha value is -1.55. The van der Waals surface area contributed by atoms with Gasteiger partial charge in [0.05, 0.1) is 17.8 Å². The van der Waals surface area contributed by atoms with Crippen molar-refractivity contribution in [3.8, 4) is 0 Å². The molecule has 21 heavy (non-hydrogen) atoms. The van der Waals surface area contributed by atoms with E-state index in [4.69, 9.17) is 0 Å². The van der Waals surface area contributed by atoms with Crippen molar-refractivity contribution in [3.05, 3.63) is 38.0 Å². The summed E-state index contributed by atoms with van der Waals surface area (Å²) in [5, 5.41) is 9.79. The monoisotopic (exact) mass is 380 g/mol. The second-order valence-electron chi connectivity index (χ2n) is 4.03. The Morgan fingerprint density at radius 2 is 2.10 bits per heavy atom. The first-order valence-electron chi connectivity index (χ1n) is 5.57. The van der Waals surface area contributed by atoms with E-state index >= 15 is 0 Å².